The van der Waals surface area contributed by atoms with Crippen molar-refractivity contribution >= 4 is 23.3 Å². The molecule has 2 aliphatic rings. The predicted octanol–water partition coefficient (Wildman–Crippen LogP) is -0.325. The van der Waals surface area contributed by atoms with Crippen LogP contribution in [-0.4, -0.2) is 22.4 Å². The summed E-state index contributed by atoms with van der Waals surface area (Å²) in [4.78, 5) is 15.0. The van der Waals surface area contributed by atoms with Gasteiger partial charge in [0.15, 0.2) is 5.75 Å². The highest BCUT2D eigenvalue weighted by atomic mass is 32.2. The summed E-state index contributed by atoms with van der Waals surface area (Å²) in [5.41, 5.74) is 1.14. The fraction of sp³-hybridized carbons (Fsp3) is 0.143. The average molecular weight is 182 g/mol. The minimum absolute atomic E-state index is 0.0759. The summed E-state index contributed by atoms with van der Waals surface area (Å²) >= 11 is -1.17. The molecular formula is C7H6N2O2S. The van der Waals surface area contributed by atoms with Crippen LogP contribution in [0.5, 0.6) is 0 Å². The highest BCUT2D eigenvalue weighted by Crippen LogP contribution is 2.19. The van der Waals surface area contributed by atoms with Gasteiger partial charge in [-0.05, 0) is 11.2 Å². The largest absolute Gasteiger partial charge is 0.611 e. The molecule has 0 amide bonds. The van der Waals surface area contributed by atoms with Crippen molar-refractivity contribution in [2.45, 2.75) is 0 Å². The van der Waals surface area contributed by atoms with Crippen molar-refractivity contribution in [3.05, 3.63) is 22.9 Å². The maximum atomic E-state index is 11.2. The number of nitrogens with one attached hydrogen (secondary N) is 1. The van der Waals surface area contributed by atoms with Crippen LogP contribution in [0.2, 0.25) is 0 Å². The first-order valence-corrected chi connectivity index (χ1v) is 4.76. The second-order valence-electron chi connectivity index (χ2n) is 2.45. The molecule has 1 atom stereocenters. The van der Waals surface area contributed by atoms with Gasteiger partial charge in [0.1, 0.15) is 11.1 Å². The number of carbonyl (C=O) groups excluding carboxylic acids is 1. The maximum absolute atomic E-state index is 11.2. The Balaban J connectivity index is 2.42. The Kier molecular flexibility index (Phi) is 1.74. The summed E-state index contributed by atoms with van der Waals surface area (Å²) in [6.07, 6.45) is 2.95. The number of allylic oxidation sites excluding steroid dienone is 1. The summed E-state index contributed by atoms with van der Waals surface area (Å²) in [5, 5.41) is 4.31. The standard InChI is InChI=1S/C7H6N2O2S/c10-7-3-12(11)2-6-5(7)1-8-4-9-6/h1-2,4H,3H2,(H,8,9). The number of nitrogens with zero attached hydrogens (tertiary/aromatic N) is 1. The number of ketones is 1. The number of aliphatic imine (C=N–C) groups is 1. The molecule has 0 bridgehead atoms. The minimum Gasteiger partial charge on any atom is -0.611 e. The SMILES string of the molecule is O=C1C[S+]([O-])C=C2NC=NC=C12. The lowest BCUT2D eigenvalue weighted by molar-refractivity contribution is -0.113. The highest BCUT2D eigenvalue weighted by molar-refractivity contribution is 7.95. The van der Waals surface area contributed by atoms with E-state index >= 15 is 0 Å². The van der Waals surface area contributed by atoms with E-state index in [0.29, 0.717) is 11.3 Å². The van der Waals surface area contributed by atoms with E-state index in [9.17, 15) is 9.35 Å². The summed E-state index contributed by atoms with van der Waals surface area (Å²) in [5.74, 6) is -0.0396. The molecule has 5 heteroatoms. The van der Waals surface area contributed by atoms with E-state index in [4.69, 9.17) is 0 Å². The summed E-state index contributed by atoms with van der Waals surface area (Å²) < 4.78 is 11.0. The number of fused-ring (bicyclic) bond motifs is 1. The third kappa shape index (κ3) is 1.17. The second-order valence-corrected chi connectivity index (χ2v) is 3.73. The van der Waals surface area contributed by atoms with Gasteiger partial charge in [0.05, 0.1) is 11.9 Å². The minimum atomic E-state index is -1.17. The lowest BCUT2D eigenvalue weighted by Gasteiger charge is -2.18. The number of carbonyl (C=O) groups is 1. The fourth-order valence-corrected chi connectivity index (χ4v) is 2.02. The van der Waals surface area contributed by atoms with E-state index in [-0.39, 0.29) is 11.5 Å². The Hall–Kier alpha value is -1.07. The van der Waals surface area contributed by atoms with Crippen LogP contribution in [0.1, 0.15) is 0 Å². The van der Waals surface area contributed by atoms with Crippen LogP contribution in [0.15, 0.2) is 27.9 Å². The molecule has 0 saturated heterocycles. The molecule has 0 aromatic heterocycles. The normalized spacial score (nSPS) is 27.1. The van der Waals surface area contributed by atoms with Crippen LogP contribution in [0.4, 0.5) is 0 Å². The van der Waals surface area contributed by atoms with E-state index < -0.39 is 11.2 Å². The van der Waals surface area contributed by atoms with Crippen molar-refractivity contribution in [2.24, 2.45) is 4.99 Å². The van der Waals surface area contributed by atoms with Gasteiger partial charge in [-0.3, -0.25) is 4.79 Å². The van der Waals surface area contributed by atoms with Gasteiger partial charge in [0.2, 0.25) is 5.78 Å². The first-order valence-electron chi connectivity index (χ1n) is 3.38. The number of hydrogen-bond acceptors (Lipinski definition) is 4. The second kappa shape index (κ2) is 2.76. The first-order chi connectivity index (χ1) is 5.77. The first kappa shape index (κ1) is 7.57. The lowest BCUT2D eigenvalue weighted by Crippen LogP contribution is -2.29. The average Bonchev–Trinajstić information content (AvgIpc) is 2.04. The quantitative estimate of drug-likeness (QED) is 0.522. The van der Waals surface area contributed by atoms with Gasteiger partial charge in [-0.25, -0.2) is 4.99 Å². The van der Waals surface area contributed by atoms with E-state index in [1.165, 1.54) is 12.5 Å². The van der Waals surface area contributed by atoms with Crippen molar-refractivity contribution in [3.63, 3.8) is 0 Å². The van der Waals surface area contributed by atoms with Gasteiger partial charge >= 0.3 is 0 Å². The van der Waals surface area contributed by atoms with Crippen LogP contribution < -0.4 is 5.32 Å². The summed E-state index contributed by atoms with van der Waals surface area (Å²) in [7, 11) is 0. The Morgan fingerprint density at radius 2 is 2.50 bits per heavy atom. The molecule has 2 heterocycles. The molecule has 1 N–H and O–H groups in total. The molecule has 62 valence electrons. The van der Waals surface area contributed by atoms with Gasteiger partial charge in [0.25, 0.3) is 0 Å². The van der Waals surface area contributed by atoms with Crippen molar-refractivity contribution < 1.29 is 9.35 Å². The topological polar surface area (TPSA) is 64.5 Å². The van der Waals surface area contributed by atoms with Gasteiger partial charge in [-0.2, -0.15) is 0 Å². The Bertz CT molecular complexity index is 319. The zero-order valence-electron chi connectivity index (χ0n) is 6.11. The molecule has 0 spiro atoms. The Morgan fingerprint density at radius 3 is 3.33 bits per heavy atom. The molecule has 0 aromatic rings. The van der Waals surface area contributed by atoms with E-state index in [0.717, 1.165) is 0 Å². The number of Topliss-reactive ketones (excluding diaryl/α,β-unsaturated/α-hetero) is 1. The van der Waals surface area contributed by atoms with Crippen molar-refractivity contribution in [3.8, 4) is 0 Å². The molecule has 0 aliphatic carbocycles. The number of rotatable bonds is 0. The molecule has 0 aromatic carbocycles. The third-order valence-corrected chi connectivity index (χ3v) is 2.66. The van der Waals surface area contributed by atoms with Crippen LogP contribution in [0.25, 0.3) is 0 Å². The zero-order valence-corrected chi connectivity index (χ0v) is 6.93. The molecule has 4 nitrogen and oxygen atoms in total. The molecule has 1 unspecified atom stereocenters. The smallest absolute Gasteiger partial charge is 0.216 e. The highest BCUT2D eigenvalue weighted by Gasteiger charge is 2.27. The monoisotopic (exact) mass is 182 g/mol. The summed E-state index contributed by atoms with van der Waals surface area (Å²) in [6, 6.07) is 0. The Labute approximate surface area is 72.2 Å². The van der Waals surface area contributed by atoms with E-state index in [1.54, 1.807) is 5.41 Å². The predicted molar refractivity (Wildman–Crippen MR) is 45.8 cm³/mol. The lowest BCUT2D eigenvalue weighted by atomic mass is 10.1. The fourth-order valence-electron chi connectivity index (χ4n) is 1.07. The van der Waals surface area contributed by atoms with Crippen LogP contribution in [-0.2, 0) is 16.0 Å². The van der Waals surface area contributed by atoms with Crippen LogP contribution >= 0.6 is 0 Å². The van der Waals surface area contributed by atoms with E-state index in [1.807, 2.05) is 0 Å². The van der Waals surface area contributed by atoms with Crippen molar-refractivity contribution in [1.29, 1.82) is 0 Å². The zero-order chi connectivity index (χ0) is 8.55. The van der Waals surface area contributed by atoms with Crippen LogP contribution in [0.3, 0.4) is 0 Å². The van der Waals surface area contributed by atoms with Crippen LogP contribution in [0, 0.1) is 0 Å². The third-order valence-electron chi connectivity index (χ3n) is 1.61. The van der Waals surface area contributed by atoms with Crippen molar-refractivity contribution in [2.75, 3.05) is 5.75 Å². The van der Waals surface area contributed by atoms with E-state index in [2.05, 4.69) is 10.3 Å². The molecule has 0 saturated carbocycles. The van der Waals surface area contributed by atoms with Gasteiger partial charge in [-0.15, -0.1) is 0 Å². The van der Waals surface area contributed by atoms with Gasteiger partial charge in [-0.1, -0.05) is 0 Å². The van der Waals surface area contributed by atoms with Gasteiger partial charge < -0.3 is 9.87 Å². The molecule has 12 heavy (non-hydrogen) atoms. The molecule has 2 aliphatic heterocycles. The van der Waals surface area contributed by atoms with Crippen molar-refractivity contribution in [1.82, 2.24) is 5.32 Å². The molecule has 0 radical (unpaired) electrons. The Morgan fingerprint density at radius 1 is 1.67 bits per heavy atom. The molecule has 0 fully saturated rings. The molecule has 2 rings (SSSR count). The number of hydrogen-bond donors (Lipinski definition) is 1. The van der Waals surface area contributed by atoms with Gasteiger partial charge in [0, 0.05) is 6.20 Å². The molecular weight excluding hydrogens is 176 g/mol. The summed E-state index contributed by atoms with van der Waals surface area (Å²) in [6.45, 7) is 0. The maximum Gasteiger partial charge on any atom is 0.216 e.